The minimum absolute atomic E-state index is 0.0883. The van der Waals surface area contributed by atoms with Crippen LogP contribution >= 0.6 is 0 Å². The Balaban J connectivity index is 1.43. The minimum Gasteiger partial charge on any atom is -0.459 e. The minimum atomic E-state index is -4.73. The van der Waals surface area contributed by atoms with Crippen molar-refractivity contribution >= 4 is 17.8 Å². The van der Waals surface area contributed by atoms with Gasteiger partial charge in [-0.1, -0.05) is 30.3 Å². The quantitative estimate of drug-likeness (QED) is 0.0941. The van der Waals surface area contributed by atoms with Crippen LogP contribution in [0.2, 0.25) is 0 Å². The van der Waals surface area contributed by atoms with Crippen molar-refractivity contribution in [3.8, 4) is 0 Å². The van der Waals surface area contributed by atoms with Crippen molar-refractivity contribution in [3.05, 3.63) is 35.9 Å². The first-order valence-corrected chi connectivity index (χ1v) is 13.4. The van der Waals surface area contributed by atoms with Gasteiger partial charge in [-0.05, 0) is 31.2 Å². The summed E-state index contributed by atoms with van der Waals surface area (Å²) in [7, 11) is 0. The molecule has 0 radical (unpaired) electrons. The molecule has 1 aromatic carbocycles. The third kappa shape index (κ3) is 7.17. The predicted molar refractivity (Wildman–Crippen MR) is 134 cm³/mol. The van der Waals surface area contributed by atoms with Gasteiger partial charge in [0.25, 0.3) is 17.6 Å². The number of carbonyl (C=O) groups excluding carboxylic acids is 3. The van der Waals surface area contributed by atoms with E-state index in [-0.39, 0.29) is 31.9 Å². The lowest BCUT2D eigenvalue weighted by Gasteiger charge is -2.33. The number of hydrogen-bond acceptors (Lipinski definition) is 10. The number of amides is 2. The van der Waals surface area contributed by atoms with E-state index in [0.29, 0.717) is 25.8 Å². The van der Waals surface area contributed by atoms with Crippen LogP contribution in [0.1, 0.15) is 37.7 Å². The molecular formula is C26H38F2N3O10+. The van der Waals surface area contributed by atoms with Gasteiger partial charge in [-0.2, -0.15) is 8.78 Å². The van der Waals surface area contributed by atoms with E-state index in [1.807, 2.05) is 35.6 Å². The molecule has 0 saturated carbocycles. The van der Waals surface area contributed by atoms with Crippen molar-refractivity contribution in [2.24, 2.45) is 0 Å². The van der Waals surface area contributed by atoms with Gasteiger partial charge in [0.15, 0.2) is 6.04 Å². The summed E-state index contributed by atoms with van der Waals surface area (Å²) in [5.74, 6) is -11.4. The molecule has 41 heavy (non-hydrogen) atoms. The van der Waals surface area contributed by atoms with E-state index >= 15 is 0 Å². The molecule has 7 atom stereocenters. The molecule has 1 aromatic rings. The molecular weight excluding hydrogens is 552 g/mol. The fourth-order valence-electron chi connectivity index (χ4n) is 4.88. The number of esters is 1. The van der Waals surface area contributed by atoms with Gasteiger partial charge in [0.05, 0.1) is 6.61 Å². The predicted octanol–water partition coefficient (Wildman–Crippen LogP) is -2.58. The fourth-order valence-corrected chi connectivity index (χ4v) is 4.88. The van der Waals surface area contributed by atoms with E-state index in [9.17, 15) is 43.6 Å². The zero-order valence-electron chi connectivity index (χ0n) is 22.4. The lowest BCUT2D eigenvalue weighted by Crippen LogP contribution is -2.68. The Labute approximate surface area is 234 Å². The normalized spacial score (nSPS) is 27.9. The molecule has 0 spiro atoms. The average Bonchev–Trinajstić information content (AvgIpc) is 3.55. The summed E-state index contributed by atoms with van der Waals surface area (Å²) in [6.07, 6.45) is -6.93. The zero-order chi connectivity index (χ0) is 30.4. The lowest BCUT2D eigenvalue weighted by atomic mass is 9.97. The molecule has 0 aromatic heterocycles. The first-order chi connectivity index (χ1) is 19.3. The van der Waals surface area contributed by atoms with Crippen molar-refractivity contribution in [1.82, 2.24) is 10.2 Å². The number of nitrogens with one attached hydrogen (secondary N) is 1. The SMILES string of the molecule is [NH3+][C@@H](CCCCNC(=O)C(F)(F)[C@]1(O)O[C@@H](C(O)CO)[C@H](O)[C@H]1O)C(=O)N1CCC[C@H]1C(=O)OCc1ccccc1. The molecule has 230 valence electrons. The van der Waals surface area contributed by atoms with Gasteiger partial charge < -0.3 is 51.0 Å². The van der Waals surface area contributed by atoms with Crippen molar-refractivity contribution in [2.75, 3.05) is 19.7 Å². The Bertz CT molecular complexity index is 1050. The van der Waals surface area contributed by atoms with Crippen LogP contribution in [0.4, 0.5) is 8.78 Å². The second-order valence-corrected chi connectivity index (χ2v) is 10.3. The third-order valence-electron chi connectivity index (χ3n) is 7.32. The molecule has 2 amide bonds. The zero-order valence-corrected chi connectivity index (χ0v) is 22.4. The van der Waals surface area contributed by atoms with Crippen LogP contribution < -0.4 is 11.1 Å². The maximum absolute atomic E-state index is 14.7. The van der Waals surface area contributed by atoms with Crippen LogP contribution in [-0.4, -0.2) is 116 Å². The number of unbranched alkanes of at least 4 members (excludes halogenated alkanes) is 1. The molecule has 0 aliphatic carbocycles. The van der Waals surface area contributed by atoms with Gasteiger partial charge in [-0.3, -0.25) is 9.59 Å². The Morgan fingerprint density at radius 1 is 1.22 bits per heavy atom. The first kappa shape index (κ1) is 32.7. The van der Waals surface area contributed by atoms with E-state index in [4.69, 9.17) is 9.84 Å². The van der Waals surface area contributed by atoms with Gasteiger partial charge in [-0.15, -0.1) is 0 Å². The highest BCUT2D eigenvalue weighted by Crippen LogP contribution is 2.42. The highest BCUT2D eigenvalue weighted by molar-refractivity contribution is 5.87. The number of benzene rings is 1. The van der Waals surface area contributed by atoms with Crippen LogP contribution in [-0.2, 0) is 30.5 Å². The average molecular weight is 591 g/mol. The number of carbonyl (C=O) groups is 3. The van der Waals surface area contributed by atoms with Gasteiger partial charge >= 0.3 is 11.9 Å². The van der Waals surface area contributed by atoms with Crippen molar-refractivity contribution in [1.29, 1.82) is 0 Å². The molecule has 2 aliphatic heterocycles. The summed E-state index contributed by atoms with van der Waals surface area (Å²) in [6.45, 7) is -0.840. The summed E-state index contributed by atoms with van der Waals surface area (Å²) >= 11 is 0. The fraction of sp³-hybridized carbons (Fsp3) is 0.654. The number of rotatable bonds is 13. The van der Waals surface area contributed by atoms with Gasteiger partial charge in [0, 0.05) is 19.5 Å². The number of halogens is 2. The van der Waals surface area contributed by atoms with Crippen molar-refractivity contribution in [3.63, 3.8) is 0 Å². The lowest BCUT2D eigenvalue weighted by molar-refractivity contribution is -0.407. The van der Waals surface area contributed by atoms with Gasteiger partial charge in [-0.25, -0.2) is 4.79 Å². The van der Waals surface area contributed by atoms with Crippen LogP contribution in [0.5, 0.6) is 0 Å². The van der Waals surface area contributed by atoms with E-state index in [0.717, 1.165) is 5.56 Å². The number of likely N-dealkylation sites (tertiary alicyclic amines) is 1. The van der Waals surface area contributed by atoms with Crippen LogP contribution in [0, 0.1) is 0 Å². The summed E-state index contributed by atoms with van der Waals surface area (Å²) in [4.78, 5) is 39.1. The third-order valence-corrected chi connectivity index (χ3v) is 7.32. The topological polar surface area (TPSA) is 214 Å². The van der Waals surface area contributed by atoms with Crippen LogP contribution in [0.3, 0.4) is 0 Å². The van der Waals surface area contributed by atoms with E-state index in [1.165, 1.54) is 4.90 Å². The maximum atomic E-state index is 14.7. The Hall–Kier alpha value is -2.79. The molecule has 2 heterocycles. The molecule has 2 saturated heterocycles. The number of aliphatic hydroxyl groups excluding tert-OH is 4. The number of aliphatic hydroxyl groups is 5. The molecule has 1 unspecified atom stereocenters. The van der Waals surface area contributed by atoms with E-state index < -0.39 is 66.7 Å². The van der Waals surface area contributed by atoms with Crippen LogP contribution in [0.25, 0.3) is 0 Å². The van der Waals surface area contributed by atoms with Crippen LogP contribution in [0.15, 0.2) is 30.3 Å². The van der Waals surface area contributed by atoms with Crippen molar-refractivity contribution < 1.29 is 63.9 Å². The van der Waals surface area contributed by atoms with Gasteiger partial charge in [0.1, 0.15) is 37.1 Å². The maximum Gasteiger partial charge on any atom is 0.379 e. The second kappa shape index (κ2) is 13.9. The number of hydrogen-bond donors (Lipinski definition) is 7. The Morgan fingerprint density at radius 3 is 2.56 bits per heavy atom. The monoisotopic (exact) mass is 590 g/mol. The summed E-state index contributed by atoms with van der Waals surface area (Å²) in [5.41, 5.74) is 4.68. The van der Waals surface area contributed by atoms with E-state index in [2.05, 4.69) is 10.5 Å². The number of quaternary nitrogens is 1. The highest BCUT2D eigenvalue weighted by atomic mass is 19.3. The summed E-state index contributed by atoms with van der Waals surface area (Å²) in [5, 5.41) is 50.4. The van der Waals surface area contributed by atoms with Gasteiger partial charge in [0.2, 0.25) is 0 Å². The Kier molecular flexibility index (Phi) is 11.1. The molecule has 3 rings (SSSR count). The molecule has 13 nitrogen and oxygen atoms in total. The van der Waals surface area contributed by atoms with E-state index in [1.54, 1.807) is 0 Å². The number of ether oxygens (including phenoxy) is 2. The number of nitrogens with zero attached hydrogens (tertiary/aromatic N) is 1. The summed E-state index contributed by atoms with van der Waals surface area (Å²) in [6, 6.07) is 7.68. The second-order valence-electron chi connectivity index (χ2n) is 10.3. The molecule has 15 heteroatoms. The largest absolute Gasteiger partial charge is 0.459 e. The highest BCUT2D eigenvalue weighted by Gasteiger charge is 2.71. The number of alkyl halides is 2. The first-order valence-electron chi connectivity index (χ1n) is 13.4. The summed E-state index contributed by atoms with van der Waals surface area (Å²) < 4.78 is 39.4. The Morgan fingerprint density at radius 2 is 1.90 bits per heavy atom. The van der Waals surface area contributed by atoms with Crippen molar-refractivity contribution in [2.45, 2.75) is 86.9 Å². The standard InChI is InChI=1S/C26H37F2N3O10/c27-25(28,26(39)21(35)19(34)20(41-26)18(33)13-32)24(38)30-11-5-4-9-16(29)22(36)31-12-6-10-17(31)23(37)40-14-15-7-2-1-3-8-15/h1-3,7-8,16-21,32-35,39H,4-6,9-14,29H2,(H,30,38)/p+1/t16-,17-,18?,19-,20-,21+,26+/m0/s1. The molecule has 9 N–H and O–H groups in total. The molecule has 0 bridgehead atoms. The smallest absolute Gasteiger partial charge is 0.379 e. The molecule has 2 aliphatic rings. The molecule has 2 fully saturated rings.